The van der Waals surface area contributed by atoms with Crippen molar-refractivity contribution in [3.8, 4) is 0 Å². The minimum Gasteiger partial charge on any atom is -0.375 e. The lowest BCUT2D eigenvalue weighted by Gasteiger charge is -2.42. The predicted molar refractivity (Wildman–Crippen MR) is 123 cm³/mol. The summed E-state index contributed by atoms with van der Waals surface area (Å²) in [5.41, 5.74) is 5.65. The van der Waals surface area contributed by atoms with Crippen molar-refractivity contribution in [2.24, 2.45) is 0 Å². The summed E-state index contributed by atoms with van der Waals surface area (Å²) < 4.78 is 6.16. The van der Waals surface area contributed by atoms with Crippen LogP contribution in [0.1, 0.15) is 47.4 Å². The van der Waals surface area contributed by atoms with E-state index < -0.39 is 0 Å². The molecule has 0 bridgehead atoms. The van der Waals surface area contributed by atoms with Crippen LogP contribution < -0.4 is 0 Å². The van der Waals surface area contributed by atoms with Crippen molar-refractivity contribution >= 4 is 0 Å². The van der Waals surface area contributed by atoms with E-state index in [2.05, 4.69) is 89.8 Å². The van der Waals surface area contributed by atoms with Crippen LogP contribution in [0.15, 0.2) is 84.9 Å². The summed E-state index contributed by atoms with van der Waals surface area (Å²) in [6.07, 6.45) is 3.62. The Morgan fingerprint density at radius 2 is 1.47 bits per heavy atom. The molecule has 154 valence electrons. The van der Waals surface area contributed by atoms with Gasteiger partial charge in [0.15, 0.2) is 0 Å². The van der Waals surface area contributed by atoms with Crippen LogP contribution in [0.5, 0.6) is 0 Å². The van der Waals surface area contributed by atoms with E-state index in [-0.39, 0.29) is 5.41 Å². The summed E-state index contributed by atoms with van der Waals surface area (Å²) in [6, 6.07) is 30.9. The molecule has 1 atom stereocenters. The molecule has 5 rings (SSSR count). The molecule has 0 amide bonds. The number of rotatable bonds is 5. The molecule has 0 spiro atoms. The molecule has 0 unspecified atom stereocenters. The van der Waals surface area contributed by atoms with Gasteiger partial charge in [-0.1, -0.05) is 84.9 Å². The van der Waals surface area contributed by atoms with Gasteiger partial charge < -0.3 is 9.64 Å². The van der Waals surface area contributed by atoms with Gasteiger partial charge in [-0.25, -0.2) is 0 Å². The summed E-state index contributed by atoms with van der Waals surface area (Å²) in [7, 11) is 0. The van der Waals surface area contributed by atoms with Gasteiger partial charge in [-0.2, -0.15) is 0 Å². The van der Waals surface area contributed by atoms with Crippen molar-refractivity contribution in [3.63, 3.8) is 0 Å². The molecular formula is C28H31NO. The van der Waals surface area contributed by atoms with Gasteiger partial charge in [-0.05, 0) is 67.1 Å². The molecule has 30 heavy (non-hydrogen) atoms. The Morgan fingerprint density at radius 1 is 0.800 bits per heavy atom. The summed E-state index contributed by atoms with van der Waals surface area (Å²) >= 11 is 0. The molecule has 3 aromatic rings. The molecule has 2 nitrogen and oxygen atoms in total. The number of hydrogen-bond acceptors (Lipinski definition) is 2. The molecule has 3 aromatic carbocycles. The summed E-state index contributed by atoms with van der Waals surface area (Å²) in [6.45, 7) is 5.00. The standard InChI is InChI=1S/C28H31NO/c1-3-9-23(10-4-1)24-15-18-29(19-16-24)20-17-28(26-12-5-2-6-13-26)22-30-21-25-11-7-8-14-27(25)28/h1-14,24H,15-22H2/t28-/m0/s1. The fourth-order valence-electron chi connectivity index (χ4n) is 5.44. The smallest absolute Gasteiger partial charge is 0.0720 e. The number of nitrogens with zero attached hydrogens (tertiary/aromatic N) is 1. The van der Waals surface area contributed by atoms with Crippen LogP contribution in [0.25, 0.3) is 0 Å². The first kappa shape index (κ1) is 19.5. The zero-order valence-electron chi connectivity index (χ0n) is 17.7. The van der Waals surface area contributed by atoms with Gasteiger partial charge in [-0.15, -0.1) is 0 Å². The molecule has 1 saturated heterocycles. The highest BCUT2D eigenvalue weighted by Crippen LogP contribution is 2.41. The third-order valence-corrected chi connectivity index (χ3v) is 7.18. The third-order valence-electron chi connectivity index (χ3n) is 7.18. The minimum absolute atomic E-state index is 0.0492. The average molecular weight is 398 g/mol. The minimum atomic E-state index is -0.0492. The van der Waals surface area contributed by atoms with Gasteiger partial charge in [0.05, 0.1) is 13.2 Å². The van der Waals surface area contributed by atoms with Crippen molar-refractivity contribution in [1.82, 2.24) is 4.90 Å². The second-order valence-electron chi connectivity index (χ2n) is 8.87. The quantitative estimate of drug-likeness (QED) is 0.542. The lowest BCUT2D eigenvalue weighted by molar-refractivity contribution is 0.0561. The normalized spacial score (nSPS) is 22.5. The molecule has 0 N–H and O–H groups in total. The maximum atomic E-state index is 6.16. The van der Waals surface area contributed by atoms with Gasteiger partial charge in [0.2, 0.25) is 0 Å². The number of hydrogen-bond donors (Lipinski definition) is 0. The van der Waals surface area contributed by atoms with Crippen LogP contribution in [-0.4, -0.2) is 31.1 Å². The molecule has 2 heterocycles. The fourth-order valence-corrected chi connectivity index (χ4v) is 5.44. The van der Waals surface area contributed by atoms with Crippen LogP contribution in [0.4, 0.5) is 0 Å². The maximum absolute atomic E-state index is 6.16. The van der Waals surface area contributed by atoms with E-state index in [9.17, 15) is 0 Å². The van der Waals surface area contributed by atoms with E-state index >= 15 is 0 Å². The van der Waals surface area contributed by atoms with Crippen molar-refractivity contribution in [3.05, 3.63) is 107 Å². The van der Waals surface area contributed by atoms with Crippen LogP contribution in [0, 0.1) is 0 Å². The molecule has 0 aliphatic carbocycles. The first-order valence-corrected chi connectivity index (χ1v) is 11.3. The number of benzene rings is 3. The van der Waals surface area contributed by atoms with E-state index in [1.807, 2.05) is 0 Å². The van der Waals surface area contributed by atoms with Gasteiger partial charge >= 0.3 is 0 Å². The Hall–Kier alpha value is -2.42. The van der Waals surface area contributed by atoms with Gasteiger partial charge in [0, 0.05) is 5.41 Å². The highest BCUT2D eigenvalue weighted by molar-refractivity contribution is 5.45. The second-order valence-corrected chi connectivity index (χ2v) is 8.87. The van der Waals surface area contributed by atoms with Crippen LogP contribution in [0.2, 0.25) is 0 Å². The van der Waals surface area contributed by atoms with Crippen LogP contribution in [-0.2, 0) is 16.8 Å². The zero-order valence-corrected chi connectivity index (χ0v) is 17.7. The number of ether oxygens (including phenoxy) is 1. The van der Waals surface area contributed by atoms with Crippen molar-refractivity contribution in [2.45, 2.75) is 37.2 Å². The van der Waals surface area contributed by atoms with Crippen LogP contribution in [0.3, 0.4) is 0 Å². The molecule has 0 aromatic heterocycles. The predicted octanol–water partition coefficient (Wildman–Crippen LogP) is 5.77. The molecular weight excluding hydrogens is 366 g/mol. The van der Waals surface area contributed by atoms with Gasteiger partial charge in [-0.3, -0.25) is 0 Å². The lowest BCUT2D eigenvalue weighted by atomic mass is 9.70. The van der Waals surface area contributed by atoms with Gasteiger partial charge in [0.1, 0.15) is 0 Å². The van der Waals surface area contributed by atoms with E-state index in [1.165, 1.54) is 48.2 Å². The van der Waals surface area contributed by atoms with E-state index in [1.54, 1.807) is 0 Å². The number of fused-ring (bicyclic) bond motifs is 1. The van der Waals surface area contributed by atoms with E-state index in [4.69, 9.17) is 4.74 Å². The number of piperidine rings is 1. The Bertz CT molecular complexity index is 947. The zero-order chi connectivity index (χ0) is 20.2. The SMILES string of the molecule is c1ccc(C2CCN(CC[C@@]3(c4ccccc4)COCc4ccccc43)CC2)cc1. The Balaban J connectivity index is 1.33. The van der Waals surface area contributed by atoms with Crippen molar-refractivity contribution in [1.29, 1.82) is 0 Å². The first-order chi connectivity index (χ1) is 14.9. The first-order valence-electron chi connectivity index (χ1n) is 11.3. The molecule has 2 aliphatic rings. The summed E-state index contributed by atoms with van der Waals surface area (Å²) in [5, 5.41) is 0. The van der Waals surface area contributed by atoms with E-state index in [0.717, 1.165) is 26.2 Å². The highest BCUT2D eigenvalue weighted by Gasteiger charge is 2.39. The molecule has 2 aliphatic heterocycles. The maximum Gasteiger partial charge on any atom is 0.0720 e. The Kier molecular flexibility index (Phi) is 5.70. The summed E-state index contributed by atoms with van der Waals surface area (Å²) in [5.74, 6) is 0.712. The average Bonchev–Trinajstić information content (AvgIpc) is 2.84. The highest BCUT2D eigenvalue weighted by atomic mass is 16.5. The second kappa shape index (κ2) is 8.75. The van der Waals surface area contributed by atoms with Crippen molar-refractivity contribution < 1.29 is 4.74 Å². The largest absolute Gasteiger partial charge is 0.375 e. The molecule has 0 saturated carbocycles. The lowest BCUT2D eigenvalue weighted by Crippen LogP contribution is -2.42. The molecule has 0 radical (unpaired) electrons. The monoisotopic (exact) mass is 397 g/mol. The molecule has 1 fully saturated rings. The number of likely N-dealkylation sites (tertiary alicyclic amines) is 1. The van der Waals surface area contributed by atoms with E-state index in [0.29, 0.717) is 5.92 Å². The fraction of sp³-hybridized carbons (Fsp3) is 0.357. The topological polar surface area (TPSA) is 12.5 Å². The Morgan fingerprint density at radius 3 is 2.23 bits per heavy atom. The van der Waals surface area contributed by atoms with Gasteiger partial charge in [0.25, 0.3) is 0 Å². The van der Waals surface area contributed by atoms with Crippen LogP contribution >= 0.6 is 0 Å². The van der Waals surface area contributed by atoms with Crippen molar-refractivity contribution in [2.75, 3.05) is 26.2 Å². The summed E-state index contributed by atoms with van der Waals surface area (Å²) in [4.78, 5) is 2.67. The third kappa shape index (κ3) is 3.82. The Labute approximate surface area is 180 Å². The molecule has 2 heteroatoms.